The molecule has 0 N–H and O–H groups in total. The monoisotopic (exact) mass is 298 g/mol. The molecular formula is C13H12ClFN2O3. The molecule has 0 saturated carbocycles. The molecule has 1 heterocycles. The Morgan fingerprint density at radius 2 is 2.25 bits per heavy atom. The normalized spacial score (nSPS) is 15.1. The van der Waals surface area contributed by atoms with Crippen LogP contribution in [0.1, 0.15) is 18.4 Å². The summed E-state index contributed by atoms with van der Waals surface area (Å²) in [6.45, 7) is -0.0748. The van der Waals surface area contributed by atoms with Crippen LogP contribution in [0.5, 0.6) is 0 Å². The van der Waals surface area contributed by atoms with Gasteiger partial charge >= 0.3 is 5.97 Å². The summed E-state index contributed by atoms with van der Waals surface area (Å²) in [7, 11) is 1.48. The number of benzene rings is 1. The molecule has 0 bridgehead atoms. The van der Waals surface area contributed by atoms with Gasteiger partial charge in [0.05, 0.1) is 5.02 Å². The van der Waals surface area contributed by atoms with Crippen molar-refractivity contribution >= 4 is 29.2 Å². The molecule has 7 heteroatoms. The van der Waals surface area contributed by atoms with Crippen LogP contribution in [0.2, 0.25) is 5.02 Å². The van der Waals surface area contributed by atoms with Crippen LogP contribution in [-0.4, -0.2) is 29.6 Å². The van der Waals surface area contributed by atoms with E-state index in [0.29, 0.717) is 5.56 Å². The Morgan fingerprint density at radius 1 is 1.50 bits per heavy atom. The zero-order chi connectivity index (χ0) is 14.7. The van der Waals surface area contributed by atoms with E-state index < -0.39 is 11.8 Å². The number of hydrogen-bond donors (Lipinski definition) is 0. The molecule has 1 aliphatic heterocycles. The van der Waals surface area contributed by atoms with Crippen molar-refractivity contribution in [1.82, 2.24) is 5.01 Å². The van der Waals surface area contributed by atoms with Gasteiger partial charge in [-0.15, -0.1) is 0 Å². The highest BCUT2D eigenvalue weighted by Gasteiger charge is 2.23. The van der Waals surface area contributed by atoms with Crippen molar-refractivity contribution in [1.29, 1.82) is 0 Å². The Balaban J connectivity index is 1.99. The lowest BCUT2D eigenvalue weighted by atomic mass is 10.2. The quantitative estimate of drug-likeness (QED) is 0.803. The number of halogens is 2. The van der Waals surface area contributed by atoms with Crippen LogP contribution in [-0.2, 0) is 20.9 Å². The second-order valence-corrected chi connectivity index (χ2v) is 4.68. The number of carbonyl (C=O) groups is 2. The molecule has 1 aromatic carbocycles. The Bertz CT molecular complexity index is 589. The minimum atomic E-state index is -0.607. The summed E-state index contributed by atoms with van der Waals surface area (Å²) in [4.78, 5) is 23.0. The lowest BCUT2D eigenvalue weighted by Gasteiger charge is -2.18. The van der Waals surface area contributed by atoms with E-state index in [1.54, 1.807) is 0 Å². The van der Waals surface area contributed by atoms with Crippen molar-refractivity contribution in [3.05, 3.63) is 34.6 Å². The lowest BCUT2D eigenvalue weighted by Crippen LogP contribution is -2.32. The van der Waals surface area contributed by atoms with Gasteiger partial charge in [-0.2, -0.15) is 5.10 Å². The summed E-state index contributed by atoms with van der Waals surface area (Å²) in [6, 6.07) is 3.83. The van der Waals surface area contributed by atoms with Gasteiger partial charge in [-0.1, -0.05) is 17.7 Å². The summed E-state index contributed by atoms with van der Waals surface area (Å²) < 4.78 is 17.9. The van der Waals surface area contributed by atoms with E-state index in [0.717, 1.165) is 11.1 Å². The van der Waals surface area contributed by atoms with Crippen molar-refractivity contribution in [2.75, 3.05) is 7.05 Å². The first-order valence-electron chi connectivity index (χ1n) is 5.92. The van der Waals surface area contributed by atoms with Gasteiger partial charge in [-0.05, 0) is 12.1 Å². The molecule has 2 rings (SSSR count). The molecule has 1 aliphatic rings. The van der Waals surface area contributed by atoms with Crippen LogP contribution >= 0.6 is 11.6 Å². The minimum absolute atomic E-state index is 0.0748. The molecular weight excluding hydrogens is 287 g/mol. The number of esters is 1. The SMILES string of the molecule is CN1N=C(C(=O)OCc2ccc(F)cc2Cl)CCC1=O. The van der Waals surface area contributed by atoms with Crippen LogP contribution in [0.15, 0.2) is 23.3 Å². The fourth-order valence-electron chi connectivity index (χ4n) is 1.68. The largest absolute Gasteiger partial charge is 0.456 e. The molecule has 0 spiro atoms. The number of hydrazone groups is 1. The van der Waals surface area contributed by atoms with Gasteiger partial charge in [0.15, 0.2) is 0 Å². The topological polar surface area (TPSA) is 59.0 Å². The molecule has 5 nitrogen and oxygen atoms in total. The van der Waals surface area contributed by atoms with Crippen LogP contribution in [0.4, 0.5) is 4.39 Å². The van der Waals surface area contributed by atoms with Crippen molar-refractivity contribution in [3.63, 3.8) is 0 Å². The number of hydrogen-bond acceptors (Lipinski definition) is 4. The smallest absolute Gasteiger partial charge is 0.354 e. The number of amides is 1. The van der Waals surface area contributed by atoms with Crippen molar-refractivity contribution in [3.8, 4) is 0 Å². The second-order valence-electron chi connectivity index (χ2n) is 4.28. The Morgan fingerprint density at radius 3 is 2.90 bits per heavy atom. The molecule has 0 saturated heterocycles. The zero-order valence-electron chi connectivity index (χ0n) is 10.7. The van der Waals surface area contributed by atoms with Gasteiger partial charge in [-0.25, -0.2) is 14.2 Å². The van der Waals surface area contributed by atoms with Crippen LogP contribution in [0, 0.1) is 5.82 Å². The highest BCUT2D eigenvalue weighted by molar-refractivity contribution is 6.37. The molecule has 20 heavy (non-hydrogen) atoms. The van der Waals surface area contributed by atoms with E-state index in [4.69, 9.17) is 16.3 Å². The molecule has 0 atom stereocenters. The standard InChI is InChI=1S/C13H12ClFN2O3/c1-17-12(18)5-4-11(16-17)13(19)20-7-8-2-3-9(15)6-10(8)14/h2-3,6H,4-5,7H2,1H3. The molecule has 0 radical (unpaired) electrons. The summed E-state index contributed by atoms with van der Waals surface area (Å²) in [6.07, 6.45) is 0.473. The lowest BCUT2D eigenvalue weighted by molar-refractivity contribution is -0.137. The maximum Gasteiger partial charge on any atom is 0.354 e. The first kappa shape index (κ1) is 14.5. The van der Waals surface area contributed by atoms with Gasteiger partial charge in [0.2, 0.25) is 5.91 Å². The molecule has 0 unspecified atom stereocenters. The third-order valence-corrected chi connectivity index (χ3v) is 3.17. The fourth-order valence-corrected chi connectivity index (χ4v) is 1.90. The molecule has 1 amide bonds. The van der Waals surface area contributed by atoms with Crippen molar-refractivity contribution in [2.24, 2.45) is 5.10 Å². The van der Waals surface area contributed by atoms with Crippen molar-refractivity contribution < 1.29 is 18.7 Å². The number of carbonyl (C=O) groups excluding carboxylic acids is 2. The first-order chi connectivity index (χ1) is 9.47. The molecule has 0 aliphatic carbocycles. The van der Waals surface area contributed by atoms with Crippen molar-refractivity contribution in [2.45, 2.75) is 19.4 Å². The highest BCUT2D eigenvalue weighted by atomic mass is 35.5. The summed E-state index contributed by atoms with van der Waals surface area (Å²) in [5, 5.41) is 5.15. The van der Waals surface area contributed by atoms with Gasteiger partial charge in [0.1, 0.15) is 18.1 Å². The predicted octanol–water partition coefficient (Wildman–Crippen LogP) is 2.13. The van der Waals surface area contributed by atoms with E-state index in [1.165, 1.54) is 19.2 Å². The van der Waals surface area contributed by atoms with E-state index in [2.05, 4.69) is 5.10 Å². The van der Waals surface area contributed by atoms with E-state index >= 15 is 0 Å². The Kier molecular flexibility index (Phi) is 4.34. The second kappa shape index (κ2) is 6.00. The molecule has 106 valence electrons. The van der Waals surface area contributed by atoms with Gasteiger partial charge in [0.25, 0.3) is 0 Å². The maximum absolute atomic E-state index is 12.9. The highest BCUT2D eigenvalue weighted by Crippen LogP contribution is 2.18. The summed E-state index contributed by atoms with van der Waals surface area (Å²) >= 11 is 5.83. The maximum atomic E-state index is 12.9. The van der Waals surface area contributed by atoms with E-state index in [1.807, 2.05) is 0 Å². The minimum Gasteiger partial charge on any atom is -0.456 e. The molecule has 0 fully saturated rings. The molecule has 1 aromatic rings. The molecule has 0 aromatic heterocycles. The van der Waals surface area contributed by atoms with Crippen LogP contribution < -0.4 is 0 Å². The average molecular weight is 299 g/mol. The van der Waals surface area contributed by atoms with Crippen LogP contribution in [0.25, 0.3) is 0 Å². The number of ether oxygens (including phenoxy) is 1. The third-order valence-electron chi connectivity index (χ3n) is 2.82. The predicted molar refractivity (Wildman–Crippen MR) is 70.6 cm³/mol. The summed E-state index contributed by atoms with van der Waals surface area (Å²) in [5.41, 5.74) is 0.688. The number of rotatable bonds is 3. The van der Waals surface area contributed by atoms with Crippen LogP contribution in [0.3, 0.4) is 0 Å². The Labute approximate surface area is 120 Å². The Hall–Kier alpha value is -1.95. The van der Waals surface area contributed by atoms with E-state index in [9.17, 15) is 14.0 Å². The first-order valence-corrected chi connectivity index (χ1v) is 6.30. The van der Waals surface area contributed by atoms with Gasteiger partial charge < -0.3 is 4.74 Å². The van der Waals surface area contributed by atoms with Gasteiger partial charge in [0, 0.05) is 25.5 Å². The zero-order valence-corrected chi connectivity index (χ0v) is 11.5. The summed E-state index contributed by atoms with van der Waals surface area (Å²) in [5.74, 6) is -1.21. The van der Waals surface area contributed by atoms with Gasteiger partial charge in [-0.3, -0.25) is 4.79 Å². The average Bonchev–Trinajstić information content (AvgIpc) is 2.40. The third kappa shape index (κ3) is 3.33. The fraction of sp³-hybridized carbons (Fsp3) is 0.308. The van der Waals surface area contributed by atoms with E-state index in [-0.39, 0.29) is 36.1 Å². The number of nitrogens with zero attached hydrogens (tertiary/aromatic N) is 2.